The highest BCUT2D eigenvalue weighted by molar-refractivity contribution is 5.73. The maximum atomic E-state index is 13.1. The van der Waals surface area contributed by atoms with Gasteiger partial charge in [-0.25, -0.2) is 0 Å². The van der Waals surface area contributed by atoms with Crippen LogP contribution in [0, 0.1) is 11.8 Å². The average Bonchev–Trinajstić information content (AvgIpc) is 2.91. The SMILES string of the molecule is COC(=O)C(CCCCC(Cc1ccc(O)c(C(C)(C)C)c1C(C)(C)C)C(=O)OC)Cc1ccc(O)c(C(C)(C)C)c1C(C)(C)C. The standard InChI is InChI=1S/C40H62O6/c1-37(2,3)31-25(19-21-29(41)33(31)39(7,8)9)23-27(35(43)45-13)17-15-16-18-28(36(44)46-14)24-26-20-22-30(42)34(40(10,11)12)32(26)38(4,5)6/h19-22,27-28,41-42H,15-18,23-24H2,1-14H3. The van der Waals surface area contributed by atoms with Crippen molar-refractivity contribution in [2.45, 2.75) is 143 Å². The molecule has 2 N–H and O–H groups in total. The minimum atomic E-state index is -0.348. The van der Waals surface area contributed by atoms with Crippen LogP contribution < -0.4 is 0 Å². The molecule has 0 spiro atoms. The van der Waals surface area contributed by atoms with Gasteiger partial charge in [0.2, 0.25) is 0 Å². The van der Waals surface area contributed by atoms with Gasteiger partial charge in [0.05, 0.1) is 26.1 Å². The zero-order chi connectivity index (χ0) is 35.4. The van der Waals surface area contributed by atoms with Gasteiger partial charge >= 0.3 is 11.9 Å². The van der Waals surface area contributed by atoms with Crippen LogP contribution in [0.4, 0.5) is 0 Å². The molecule has 0 saturated heterocycles. The van der Waals surface area contributed by atoms with Crippen LogP contribution in [0.1, 0.15) is 142 Å². The predicted octanol–water partition coefficient (Wildman–Crippen LogP) is 9.21. The number of carbonyl (C=O) groups is 2. The lowest BCUT2D eigenvalue weighted by molar-refractivity contribution is -0.147. The molecule has 0 fully saturated rings. The zero-order valence-corrected chi connectivity index (χ0v) is 31.2. The average molecular weight is 639 g/mol. The first-order chi connectivity index (χ1) is 20.9. The molecule has 0 aliphatic carbocycles. The molecule has 258 valence electrons. The number of hydrogen-bond acceptors (Lipinski definition) is 6. The van der Waals surface area contributed by atoms with E-state index in [9.17, 15) is 19.8 Å². The van der Waals surface area contributed by atoms with Crippen molar-refractivity contribution >= 4 is 11.9 Å². The van der Waals surface area contributed by atoms with E-state index in [1.165, 1.54) is 14.2 Å². The first-order valence-corrected chi connectivity index (χ1v) is 16.8. The van der Waals surface area contributed by atoms with Crippen LogP contribution in [0.25, 0.3) is 0 Å². The molecule has 0 aliphatic rings. The number of aromatic hydroxyl groups is 2. The van der Waals surface area contributed by atoms with Gasteiger partial charge in [0, 0.05) is 11.1 Å². The quantitative estimate of drug-likeness (QED) is 0.188. The van der Waals surface area contributed by atoms with Gasteiger partial charge in [-0.1, -0.05) is 108 Å². The van der Waals surface area contributed by atoms with Crippen LogP contribution in [-0.4, -0.2) is 36.4 Å². The van der Waals surface area contributed by atoms with Gasteiger partial charge in [-0.3, -0.25) is 9.59 Å². The Kier molecular flexibility index (Phi) is 12.6. The molecule has 0 saturated carbocycles. The minimum Gasteiger partial charge on any atom is -0.508 e. The highest BCUT2D eigenvalue weighted by Crippen LogP contribution is 2.44. The summed E-state index contributed by atoms with van der Waals surface area (Å²) in [7, 11) is 2.86. The number of phenols is 2. The summed E-state index contributed by atoms with van der Waals surface area (Å²) in [5.41, 5.74) is 5.08. The molecule has 0 aliphatic heterocycles. The van der Waals surface area contributed by atoms with Crippen LogP contribution in [0.2, 0.25) is 0 Å². The van der Waals surface area contributed by atoms with Gasteiger partial charge < -0.3 is 19.7 Å². The maximum absolute atomic E-state index is 13.1. The summed E-state index contributed by atoms with van der Waals surface area (Å²) < 4.78 is 10.5. The molecule has 2 atom stereocenters. The Labute approximate surface area is 279 Å². The summed E-state index contributed by atoms with van der Waals surface area (Å²) in [5, 5.41) is 21.8. The number of esters is 2. The molecule has 0 amide bonds. The number of phenolic OH excluding ortho intramolecular Hbond substituents is 2. The second-order valence-corrected chi connectivity index (χ2v) is 17.1. The van der Waals surface area contributed by atoms with E-state index in [4.69, 9.17) is 9.47 Å². The lowest BCUT2D eigenvalue weighted by Gasteiger charge is -2.34. The molecule has 2 unspecified atom stereocenters. The van der Waals surface area contributed by atoms with E-state index in [1.54, 1.807) is 12.1 Å². The van der Waals surface area contributed by atoms with Crippen molar-refractivity contribution in [1.29, 1.82) is 0 Å². The van der Waals surface area contributed by atoms with Gasteiger partial charge in [0.1, 0.15) is 11.5 Å². The number of carbonyl (C=O) groups excluding carboxylic acids is 2. The molecule has 6 nitrogen and oxygen atoms in total. The number of hydrogen-bond donors (Lipinski definition) is 2. The summed E-state index contributed by atoms with van der Waals surface area (Å²) in [6.45, 7) is 25.5. The van der Waals surface area contributed by atoms with E-state index in [-0.39, 0.29) is 56.9 Å². The van der Waals surface area contributed by atoms with E-state index in [0.29, 0.717) is 25.7 Å². The van der Waals surface area contributed by atoms with Crippen molar-refractivity contribution in [3.63, 3.8) is 0 Å². The molecule has 0 bridgehead atoms. The Hall–Kier alpha value is -3.02. The van der Waals surface area contributed by atoms with Crippen molar-refractivity contribution in [2.75, 3.05) is 14.2 Å². The molecule has 2 aromatic rings. The van der Waals surface area contributed by atoms with Crippen molar-refractivity contribution in [2.24, 2.45) is 11.8 Å². The second-order valence-electron chi connectivity index (χ2n) is 17.1. The Bertz CT molecular complexity index is 1250. The normalized spacial score (nSPS) is 14.1. The fraction of sp³-hybridized carbons (Fsp3) is 0.650. The lowest BCUT2D eigenvalue weighted by atomic mass is 9.71. The third-order valence-electron chi connectivity index (χ3n) is 8.90. The molecule has 2 aromatic carbocycles. The predicted molar refractivity (Wildman–Crippen MR) is 188 cm³/mol. The molecule has 46 heavy (non-hydrogen) atoms. The molecule has 0 heterocycles. The fourth-order valence-electron chi connectivity index (χ4n) is 7.09. The molecule has 2 rings (SSSR count). The van der Waals surface area contributed by atoms with Crippen LogP contribution in [0.5, 0.6) is 11.5 Å². The molecule has 6 heteroatoms. The van der Waals surface area contributed by atoms with Crippen LogP contribution in [0.15, 0.2) is 24.3 Å². The summed E-state index contributed by atoms with van der Waals surface area (Å²) in [4.78, 5) is 26.1. The van der Waals surface area contributed by atoms with Crippen molar-refractivity contribution < 1.29 is 29.3 Å². The monoisotopic (exact) mass is 638 g/mol. The zero-order valence-electron chi connectivity index (χ0n) is 31.2. The Morgan fingerprint density at radius 1 is 0.543 bits per heavy atom. The third kappa shape index (κ3) is 9.75. The highest BCUT2D eigenvalue weighted by atomic mass is 16.5. The second kappa shape index (κ2) is 14.8. The Morgan fingerprint density at radius 3 is 1.07 bits per heavy atom. The van der Waals surface area contributed by atoms with E-state index in [0.717, 1.165) is 46.2 Å². The number of ether oxygens (including phenoxy) is 2. The van der Waals surface area contributed by atoms with E-state index < -0.39 is 0 Å². The van der Waals surface area contributed by atoms with Gasteiger partial charge in [-0.05, 0) is 81.7 Å². The van der Waals surface area contributed by atoms with Crippen molar-refractivity contribution in [3.05, 3.63) is 57.6 Å². The number of benzene rings is 2. The van der Waals surface area contributed by atoms with Gasteiger partial charge in [0.25, 0.3) is 0 Å². The summed E-state index contributed by atoms with van der Waals surface area (Å²) in [6, 6.07) is 7.40. The smallest absolute Gasteiger partial charge is 0.308 e. The topological polar surface area (TPSA) is 93.1 Å². The fourth-order valence-corrected chi connectivity index (χ4v) is 7.09. The first-order valence-electron chi connectivity index (χ1n) is 16.8. The third-order valence-corrected chi connectivity index (χ3v) is 8.90. The molecular formula is C40H62O6. The summed E-state index contributed by atoms with van der Waals surface area (Å²) in [6.07, 6.45) is 3.77. The number of unbranched alkanes of at least 4 members (excludes halogenated alkanes) is 1. The van der Waals surface area contributed by atoms with Gasteiger partial charge in [-0.15, -0.1) is 0 Å². The van der Waals surface area contributed by atoms with Crippen molar-refractivity contribution in [1.82, 2.24) is 0 Å². The Morgan fingerprint density at radius 2 is 0.826 bits per heavy atom. The van der Waals surface area contributed by atoms with Crippen molar-refractivity contribution in [3.8, 4) is 11.5 Å². The molecule has 0 aromatic heterocycles. The van der Waals surface area contributed by atoms with E-state index in [2.05, 4.69) is 83.1 Å². The van der Waals surface area contributed by atoms with Crippen LogP contribution in [0.3, 0.4) is 0 Å². The lowest BCUT2D eigenvalue weighted by Crippen LogP contribution is -2.27. The van der Waals surface area contributed by atoms with Gasteiger partial charge in [0.15, 0.2) is 0 Å². The van der Waals surface area contributed by atoms with Crippen LogP contribution in [-0.2, 0) is 53.6 Å². The Balaban J connectivity index is 2.34. The number of methoxy groups -OCH3 is 2. The maximum Gasteiger partial charge on any atom is 0.308 e. The summed E-state index contributed by atoms with van der Waals surface area (Å²) in [5.74, 6) is -0.630. The minimum absolute atomic E-state index is 0.238. The largest absolute Gasteiger partial charge is 0.508 e. The first kappa shape index (κ1) is 39.2. The summed E-state index contributed by atoms with van der Waals surface area (Å²) >= 11 is 0. The highest BCUT2D eigenvalue weighted by Gasteiger charge is 2.34. The molecule has 0 radical (unpaired) electrons. The number of rotatable bonds is 11. The van der Waals surface area contributed by atoms with Gasteiger partial charge in [-0.2, -0.15) is 0 Å². The van der Waals surface area contributed by atoms with E-state index >= 15 is 0 Å². The molecular weight excluding hydrogens is 576 g/mol. The van der Waals surface area contributed by atoms with Crippen LogP contribution >= 0.6 is 0 Å². The van der Waals surface area contributed by atoms with E-state index in [1.807, 2.05) is 12.1 Å².